The SMILES string of the molecule is CC(C)[C@H](NC(=O)[N+]1(C(=O)[C@@H](N)C(C)C)CCC[C@H]1C)C(O)c1nc2ccccc2o1. The number of aliphatic hydroxyl groups is 1. The van der Waals surface area contributed by atoms with E-state index in [0.29, 0.717) is 17.6 Å². The van der Waals surface area contributed by atoms with E-state index in [2.05, 4.69) is 10.3 Å². The van der Waals surface area contributed by atoms with Crippen LogP contribution in [0.1, 0.15) is 59.5 Å². The Hall–Kier alpha value is -2.29. The fraction of sp³-hybridized carbons (Fsp3) is 0.609. The highest BCUT2D eigenvalue weighted by Gasteiger charge is 2.55. The second-order valence-corrected chi connectivity index (χ2v) is 9.38. The van der Waals surface area contributed by atoms with Gasteiger partial charge in [0.2, 0.25) is 5.89 Å². The molecule has 4 N–H and O–H groups in total. The number of aromatic nitrogens is 1. The molecule has 31 heavy (non-hydrogen) atoms. The minimum Gasteiger partial charge on any atom is -0.438 e. The van der Waals surface area contributed by atoms with Crippen LogP contribution in [0.4, 0.5) is 4.79 Å². The molecule has 5 atom stereocenters. The smallest absolute Gasteiger partial charge is 0.424 e. The summed E-state index contributed by atoms with van der Waals surface area (Å²) in [5, 5.41) is 14.0. The summed E-state index contributed by atoms with van der Waals surface area (Å²) in [6, 6.07) is 5.26. The van der Waals surface area contributed by atoms with Crippen LogP contribution in [0, 0.1) is 11.8 Å². The molecule has 2 unspecified atom stereocenters. The number of rotatable bonds is 6. The van der Waals surface area contributed by atoms with E-state index in [-0.39, 0.29) is 34.2 Å². The Morgan fingerprint density at radius 1 is 1.23 bits per heavy atom. The quantitative estimate of drug-likeness (QED) is 0.605. The van der Waals surface area contributed by atoms with Crippen molar-refractivity contribution >= 4 is 23.0 Å². The molecular formula is C23H35N4O4+. The van der Waals surface area contributed by atoms with Gasteiger partial charge in [0.25, 0.3) is 0 Å². The Bertz CT molecular complexity index is 908. The number of amides is 3. The van der Waals surface area contributed by atoms with Crippen LogP contribution in [-0.4, -0.2) is 51.2 Å². The van der Waals surface area contributed by atoms with Gasteiger partial charge in [0.15, 0.2) is 11.7 Å². The van der Waals surface area contributed by atoms with Crippen molar-refractivity contribution in [3.8, 4) is 0 Å². The highest BCUT2D eigenvalue weighted by molar-refractivity contribution is 5.87. The van der Waals surface area contributed by atoms with Crippen LogP contribution in [-0.2, 0) is 4.79 Å². The summed E-state index contributed by atoms with van der Waals surface area (Å²) in [4.78, 5) is 31.3. The van der Waals surface area contributed by atoms with Gasteiger partial charge in [0, 0.05) is 12.8 Å². The zero-order chi connectivity index (χ0) is 22.9. The predicted octanol–water partition coefficient (Wildman–Crippen LogP) is 3.10. The van der Waals surface area contributed by atoms with Gasteiger partial charge >= 0.3 is 11.9 Å². The molecule has 8 nitrogen and oxygen atoms in total. The Morgan fingerprint density at radius 2 is 1.90 bits per heavy atom. The van der Waals surface area contributed by atoms with Crippen LogP contribution in [0.5, 0.6) is 0 Å². The molecule has 8 heteroatoms. The van der Waals surface area contributed by atoms with Crippen LogP contribution < -0.4 is 11.1 Å². The predicted molar refractivity (Wildman–Crippen MR) is 118 cm³/mol. The van der Waals surface area contributed by atoms with Crippen LogP contribution >= 0.6 is 0 Å². The summed E-state index contributed by atoms with van der Waals surface area (Å²) < 4.78 is 5.40. The van der Waals surface area contributed by atoms with Crippen LogP contribution in [0.3, 0.4) is 0 Å². The Kier molecular flexibility index (Phi) is 6.83. The van der Waals surface area contributed by atoms with Gasteiger partial charge in [-0.3, -0.25) is 5.32 Å². The summed E-state index contributed by atoms with van der Waals surface area (Å²) in [5.41, 5.74) is 7.40. The van der Waals surface area contributed by atoms with Crippen molar-refractivity contribution in [1.82, 2.24) is 10.3 Å². The van der Waals surface area contributed by atoms with E-state index in [1.165, 1.54) is 0 Å². The number of oxazole rings is 1. The maximum atomic E-state index is 13.6. The molecule has 1 aromatic heterocycles. The molecule has 170 valence electrons. The molecule has 0 aliphatic carbocycles. The van der Waals surface area contributed by atoms with E-state index >= 15 is 0 Å². The summed E-state index contributed by atoms with van der Waals surface area (Å²) in [5.74, 6) is -0.321. The first-order chi connectivity index (χ1) is 14.6. The number of urea groups is 1. The monoisotopic (exact) mass is 431 g/mol. The number of nitrogens with two attached hydrogens (primary N) is 1. The first kappa shape index (κ1) is 23.4. The average molecular weight is 432 g/mol. The number of hydrogen-bond acceptors (Lipinski definition) is 6. The zero-order valence-electron chi connectivity index (χ0n) is 19.0. The maximum Gasteiger partial charge on any atom is 0.424 e. The van der Waals surface area contributed by atoms with Gasteiger partial charge in [0.1, 0.15) is 17.6 Å². The highest BCUT2D eigenvalue weighted by atomic mass is 16.4. The molecule has 2 aromatic rings. The summed E-state index contributed by atoms with van der Waals surface area (Å²) in [7, 11) is 0. The standard InChI is InChI=1S/C23H34N4O4/c1-13(2)18(24)22(29)27(12-8-9-15(27)5)23(30)26-19(14(3)4)20(28)21-25-16-10-6-7-11-17(16)31-21/h6-7,10-11,13-15,18-20,28H,8-9,12,24H2,1-5H3/p+1/t15-,18+,19+,20?,27?/m1/s1. The highest BCUT2D eigenvalue weighted by Crippen LogP contribution is 2.31. The van der Waals surface area contributed by atoms with E-state index < -0.39 is 24.2 Å². The summed E-state index contributed by atoms with van der Waals surface area (Å²) in [6.45, 7) is 9.89. The number of fused-ring (bicyclic) bond motifs is 1. The number of para-hydroxylation sites is 2. The number of likely N-dealkylation sites (tertiary alicyclic amines) is 1. The minimum absolute atomic E-state index is 0.0747. The second-order valence-electron chi connectivity index (χ2n) is 9.38. The number of imide groups is 1. The third-order valence-electron chi connectivity index (χ3n) is 6.56. The van der Waals surface area contributed by atoms with Gasteiger partial charge in [0.05, 0.1) is 12.6 Å². The lowest BCUT2D eigenvalue weighted by Gasteiger charge is -2.37. The van der Waals surface area contributed by atoms with Crippen molar-refractivity contribution in [2.45, 2.75) is 71.7 Å². The van der Waals surface area contributed by atoms with Crippen molar-refractivity contribution < 1.29 is 23.6 Å². The van der Waals surface area contributed by atoms with Crippen molar-refractivity contribution in [3.63, 3.8) is 0 Å². The molecule has 0 spiro atoms. The lowest BCUT2D eigenvalue weighted by molar-refractivity contribution is -0.786. The Balaban J connectivity index is 1.89. The largest absolute Gasteiger partial charge is 0.438 e. The molecule has 0 saturated carbocycles. The maximum absolute atomic E-state index is 13.6. The first-order valence-corrected chi connectivity index (χ1v) is 11.1. The number of aliphatic hydroxyl groups excluding tert-OH is 1. The van der Waals surface area contributed by atoms with Gasteiger partial charge in [-0.1, -0.05) is 39.8 Å². The zero-order valence-corrected chi connectivity index (χ0v) is 19.0. The van der Waals surface area contributed by atoms with Crippen molar-refractivity contribution in [2.75, 3.05) is 6.54 Å². The number of benzene rings is 1. The molecule has 1 aliphatic rings. The number of nitrogens with one attached hydrogen (secondary N) is 1. The third-order valence-corrected chi connectivity index (χ3v) is 6.56. The third kappa shape index (κ3) is 4.24. The molecule has 1 aliphatic heterocycles. The molecule has 2 heterocycles. The molecule has 3 amide bonds. The topological polar surface area (TPSA) is 118 Å². The number of hydrogen-bond donors (Lipinski definition) is 3. The van der Waals surface area contributed by atoms with E-state index in [1.54, 1.807) is 12.1 Å². The average Bonchev–Trinajstić information content (AvgIpc) is 3.34. The first-order valence-electron chi connectivity index (χ1n) is 11.1. The van der Waals surface area contributed by atoms with Crippen LogP contribution in [0.25, 0.3) is 11.1 Å². The Labute approximate surface area is 183 Å². The van der Waals surface area contributed by atoms with Crippen LogP contribution in [0.15, 0.2) is 28.7 Å². The fourth-order valence-corrected chi connectivity index (χ4v) is 4.40. The van der Waals surface area contributed by atoms with E-state index in [0.717, 1.165) is 12.8 Å². The van der Waals surface area contributed by atoms with E-state index in [1.807, 2.05) is 46.8 Å². The normalized spacial score (nSPS) is 24.5. The molecule has 1 saturated heterocycles. The lowest BCUT2D eigenvalue weighted by atomic mass is 9.98. The molecule has 1 aromatic carbocycles. The second kappa shape index (κ2) is 9.06. The van der Waals surface area contributed by atoms with Gasteiger partial charge < -0.3 is 15.3 Å². The summed E-state index contributed by atoms with van der Waals surface area (Å²) in [6.07, 6.45) is 0.387. The summed E-state index contributed by atoms with van der Waals surface area (Å²) >= 11 is 0. The molecule has 1 fully saturated rings. The van der Waals surface area contributed by atoms with Crippen molar-refractivity contribution in [3.05, 3.63) is 30.2 Å². The fourth-order valence-electron chi connectivity index (χ4n) is 4.40. The lowest BCUT2D eigenvalue weighted by Crippen LogP contribution is -2.68. The number of nitrogens with zero attached hydrogens (tertiary/aromatic N) is 2. The molecule has 0 radical (unpaired) electrons. The Morgan fingerprint density at radius 3 is 2.45 bits per heavy atom. The number of carbonyl (C=O) groups excluding carboxylic acids is 2. The van der Waals surface area contributed by atoms with Crippen LogP contribution in [0.2, 0.25) is 0 Å². The van der Waals surface area contributed by atoms with Gasteiger partial charge in [-0.15, -0.1) is 0 Å². The van der Waals surface area contributed by atoms with E-state index in [9.17, 15) is 14.7 Å². The van der Waals surface area contributed by atoms with E-state index in [4.69, 9.17) is 10.2 Å². The van der Waals surface area contributed by atoms with Crippen molar-refractivity contribution in [2.24, 2.45) is 17.6 Å². The van der Waals surface area contributed by atoms with Crippen molar-refractivity contribution in [1.29, 1.82) is 0 Å². The molecular weight excluding hydrogens is 396 g/mol. The van der Waals surface area contributed by atoms with Gasteiger partial charge in [-0.05, 0) is 30.9 Å². The minimum atomic E-state index is -1.15. The van der Waals surface area contributed by atoms with Gasteiger partial charge in [-0.2, -0.15) is 4.48 Å². The van der Waals surface area contributed by atoms with Gasteiger partial charge in [-0.25, -0.2) is 14.6 Å². The molecule has 0 bridgehead atoms. The number of quaternary nitrogens is 1. The number of carbonyl (C=O) groups is 2. The molecule has 3 rings (SSSR count).